The fourth-order valence-electron chi connectivity index (χ4n) is 2.14. The molecule has 1 heterocycles. The molecule has 84 valence electrons. The van der Waals surface area contributed by atoms with Crippen LogP contribution in [-0.4, -0.2) is 37.1 Å². The minimum atomic E-state index is 0.636. The molecule has 1 fully saturated rings. The SMILES string of the molecule is CCC1CCN(CCCNC(C)C)C1. The van der Waals surface area contributed by atoms with Crippen molar-refractivity contribution in [3.63, 3.8) is 0 Å². The van der Waals surface area contributed by atoms with E-state index in [9.17, 15) is 0 Å². The summed E-state index contributed by atoms with van der Waals surface area (Å²) in [7, 11) is 0. The van der Waals surface area contributed by atoms with Crippen LogP contribution in [0.15, 0.2) is 0 Å². The van der Waals surface area contributed by atoms with E-state index in [1.54, 1.807) is 0 Å². The van der Waals surface area contributed by atoms with E-state index >= 15 is 0 Å². The Kier molecular flexibility index (Phi) is 5.49. The molecule has 14 heavy (non-hydrogen) atoms. The van der Waals surface area contributed by atoms with Gasteiger partial charge in [-0.3, -0.25) is 0 Å². The van der Waals surface area contributed by atoms with E-state index in [4.69, 9.17) is 0 Å². The summed E-state index contributed by atoms with van der Waals surface area (Å²) in [6.07, 6.45) is 4.09. The van der Waals surface area contributed by atoms with Gasteiger partial charge in [-0.1, -0.05) is 27.2 Å². The second-order valence-corrected chi connectivity index (χ2v) is 4.83. The van der Waals surface area contributed by atoms with Gasteiger partial charge in [0.1, 0.15) is 0 Å². The first-order chi connectivity index (χ1) is 6.72. The summed E-state index contributed by atoms with van der Waals surface area (Å²) in [4.78, 5) is 2.62. The topological polar surface area (TPSA) is 15.3 Å². The number of nitrogens with one attached hydrogen (secondary N) is 1. The summed E-state index contributed by atoms with van der Waals surface area (Å²) in [5.74, 6) is 0.980. The molecule has 1 atom stereocenters. The third kappa shape index (κ3) is 4.43. The number of rotatable bonds is 6. The quantitative estimate of drug-likeness (QED) is 0.658. The molecule has 0 amide bonds. The highest BCUT2D eigenvalue weighted by atomic mass is 15.1. The first-order valence-electron chi connectivity index (χ1n) is 6.18. The molecule has 1 aliphatic heterocycles. The fourth-order valence-corrected chi connectivity index (χ4v) is 2.14. The van der Waals surface area contributed by atoms with Crippen molar-refractivity contribution in [3.8, 4) is 0 Å². The van der Waals surface area contributed by atoms with Crippen LogP contribution in [0.1, 0.15) is 40.0 Å². The van der Waals surface area contributed by atoms with Gasteiger partial charge in [0.2, 0.25) is 0 Å². The Hall–Kier alpha value is -0.0800. The molecule has 1 N–H and O–H groups in total. The van der Waals surface area contributed by atoms with Crippen LogP contribution in [0, 0.1) is 5.92 Å². The maximum Gasteiger partial charge on any atom is 0.00103 e. The van der Waals surface area contributed by atoms with Crippen LogP contribution in [0.5, 0.6) is 0 Å². The van der Waals surface area contributed by atoms with E-state index in [-0.39, 0.29) is 0 Å². The van der Waals surface area contributed by atoms with E-state index in [0.717, 1.165) is 5.92 Å². The van der Waals surface area contributed by atoms with Crippen molar-refractivity contribution >= 4 is 0 Å². The smallest absolute Gasteiger partial charge is 0.00103 e. The number of nitrogens with zero attached hydrogens (tertiary/aromatic N) is 1. The molecule has 0 bridgehead atoms. The average Bonchev–Trinajstić information content (AvgIpc) is 2.60. The van der Waals surface area contributed by atoms with E-state index < -0.39 is 0 Å². The van der Waals surface area contributed by atoms with Gasteiger partial charge >= 0.3 is 0 Å². The van der Waals surface area contributed by atoms with E-state index in [0.29, 0.717) is 6.04 Å². The van der Waals surface area contributed by atoms with Gasteiger partial charge in [-0.05, 0) is 38.4 Å². The summed E-state index contributed by atoms with van der Waals surface area (Å²) in [6.45, 7) is 11.9. The molecule has 1 unspecified atom stereocenters. The molecular weight excluding hydrogens is 172 g/mol. The summed E-state index contributed by atoms with van der Waals surface area (Å²) in [5, 5.41) is 3.47. The van der Waals surface area contributed by atoms with Crippen LogP contribution in [-0.2, 0) is 0 Å². The highest BCUT2D eigenvalue weighted by molar-refractivity contribution is 4.74. The third-order valence-corrected chi connectivity index (χ3v) is 3.15. The summed E-state index contributed by atoms with van der Waals surface area (Å²) in [5.41, 5.74) is 0. The molecule has 0 radical (unpaired) electrons. The fraction of sp³-hybridized carbons (Fsp3) is 1.00. The van der Waals surface area contributed by atoms with Gasteiger partial charge in [-0.25, -0.2) is 0 Å². The van der Waals surface area contributed by atoms with E-state index in [1.165, 1.54) is 45.4 Å². The zero-order chi connectivity index (χ0) is 10.4. The molecule has 0 saturated carbocycles. The van der Waals surface area contributed by atoms with Crippen molar-refractivity contribution in [1.29, 1.82) is 0 Å². The largest absolute Gasteiger partial charge is 0.314 e. The number of hydrogen-bond acceptors (Lipinski definition) is 2. The number of hydrogen-bond donors (Lipinski definition) is 1. The van der Waals surface area contributed by atoms with Crippen LogP contribution in [0.25, 0.3) is 0 Å². The average molecular weight is 198 g/mol. The normalized spacial score (nSPS) is 23.6. The predicted molar refractivity (Wildman–Crippen MR) is 62.6 cm³/mol. The Bertz CT molecular complexity index is 145. The van der Waals surface area contributed by atoms with Gasteiger partial charge in [0, 0.05) is 12.6 Å². The molecule has 2 nitrogen and oxygen atoms in total. The van der Waals surface area contributed by atoms with Crippen molar-refractivity contribution in [1.82, 2.24) is 10.2 Å². The first kappa shape index (κ1) is 12.0. The Labute approximate surface area is 89.1 Å². The summed E-state index contributed by atoms with van der Waals surface area (Å²) < 4.78 is 0. The van der Waals surface area contributed by atoms with Crippen molar-refractivity contribution in [2.45, 2.75) is 46.1 Å². The monoisotopic (exact) mass is 198 g/mol. The summed E-state index contributed by atoms with van der Waals surface area (Å²) >= 11 is 0. The standard InChI is InChI=1S/C12H26N2/c1-4-12-6-9-14(10-12)8-5-7-13-11(2)3/h11-13H,4-10H2,1-3H3. The summed E-state index contributed by atoms with van der Waals surface area (Å²) in [6, 6.07) is 0.636. The van der Waals surface area contributed by atoms with Gasteiger partial charge < -0.3 is 10.2 Å². The molecule has 0 spiro atoms. The minimum Gasteiger partial charge on any atom is -0.314 e. The maximum atomic E-state index is 3.47. The maximum absolute atomic E-state index is 3.47. The second-order valence-electron chi connectivity index (χ2n) is 4.83. The first-order valence-corrected chi connectivity index (χ1v) is 6.18. The van der Waals surface area contributed by atoms with Crippen molar-refractivity contribution < 1.29 is 0 Å². The van der Waals surface area contributed by atoms with Crippen LogP contribution >= 0.6 is 0 Å². The molecule has 2 heteroatoms. The van der Waals surface area contributed by atoms with Crippen LogP contribution in [0.2, 0.25) is 0 Å². The van der Waals surface area contributed by atoms with Crippen molar-refractivity contribution in [2.24, 2.45) is 5.92 Å². The molecule has 0 aromatic rings. The Morgan fingerprint density at radius 3 is 2.79 bits per heavy atom. The zero-order valence-corrected chi connectivity index (χ0v) is 10.1. The lowest BCUT2D eigenvalue weighted by Gasteiger charge is -2.16. The molecule has 0 aromatic carbocycles. The Morgan fingerprint density at radius 1 is 1.43 bits per heavy atom. The molecule has 0 aromatic heterocycles. The lowest BCUT2D eigenvalue weighted by atomic mass is 10.1. The molecule has 0 aliphatic carbocycles. The van der Waals surface area contributed by atoms with E-state index in [2.05, 4.69) is 31.0 Å². The lowest BCUT2D eigenvalue weighted by Crippen LogP contribution is -2.28. The van der Waals surface area contributed by atoms with Gasteiger partial charge in [-0.15, -0.1) is 0 Å². The van der Waals surface area contributed by atoms with Gasteiger partial charge in [-0.2, -0.15) is 0 Å². The van der Waals surface area contributed by atoms with Gasteiger partial charge in [0.05, 0.1) is 0 Å². The third-order valence-electron chi connectivity index (χ3n) is 3.15. The van der Waals surface area contributed by atoms with Crippen LogP contribution in [0.3, 0.4) is 0 Å². The highest BCUT2D eigenvalue weighted by Gasteiger charge is 2.19. The number of likely N-dealkylation sites (tertiary alicyclic amines) is 1. The highest BCUT2D eigenvalue weighted by Crippen LogP contribution is 2.18. The Balaban J connectivity index is 1.97. The van der Waals surface area contributed by atoms with Gasteiger partial charge in [0.15, 0.2) is 0 Å². The van der Waals surface area contributed by atoms with Crippen LogP contribution < -0.4 is 5.32 Å². The van der Waals surface area contributed by atoms with E-state index in [1.807, 2.05) is 0 Å². The van der Waals surface area contributed by atoms with Crippen LogP contribution in [0.4, 0.5) is 0 Å². The molecular formula is C12H26N2. The minimum absolute atomic E-state index is 0.636. The van der Waals surface area contributed by atoms with Crippen molar-refractivity contribution in [3.05, 3.63) is 0 Å². The zero-order valence-electron chi connectivity index (χ0n) is 10.1. The predicted octanol–water partition coefficient (Wildman–Crippen LogP) is 2.11. The Morgan fingerprint density at radius 2 is 2.21 bits per heavy atom. The second kappa shape index (κ2) is 6.41. The molecule has 1 rings (SSSR count). The molecule has 1 saturated heterocycles. The molecule has 1 aliphatic rings. The van der Waals surface area contributed by atoms with Gasteiger partial charge in [0.25, 0.3) is 0 Å². The van der Waals surface area contributed by atoms with Crippen molar-refractivity contribution in [2.75, 3.05) is 26.2 Å². The lowest BCUT2D eigenvalue weighted by molar-refractivity contribution is 0.314.